The first kappa shape index (κ1) is 13.4. The van der Waals surface area contributed by atoms with Gasteiger partial charge in [-0.15, -0.1) is 0 Å². The standard InChI is InChI=1S/C15H30N2/c1-12-5-3-8-15(9-12)17(2)11-13-6-4-7-14(16)10-13/h12-15H,3-11,16H2,1-2H3. The number of nitrogens with zero attached hydrogens (tertiary/aromatic N) is 1. The average Bonchev–Trinajstić information content (AvgIpc) is 2.29. The predicted octanol–water partition coefficient (Wildman–Crippen LogP) is 3.01. The highest BCUT2D eigenvalue weighted by Gasteiger charge is 2.26. The van der Waals surface area contributed by atoms with Gasteiger partial charge in [0, 0.05) is 18.6 Å². The van der Waals surface area contributed by atoms with Crippen molar-refractivity contribution in [3.8, 4) is 0 Å². The molecule has 0 bridgehead atoms. The molecule has 4 unspecified atom stereocenters. The van der Waals surface area contributed by atoms with Crippen LogP contribution >= 0.6 is 0 Å². The van der Waals surface area contributed by atoms with E-state index in [4.69, 9.17) is 5.73 Å². The minimum Gasteiger partial charge on any atom is -0.328 e. The molecule has 2 rings (SSSR count). The maximum atomic E-state index is 6.08. The second-order valence-corrected chi connectivity index (χ2v) is 6.66. The average molecular weight is 238 g/mol. The highest BCUT2D eigenvalue weighted by atomic mass is 15.1. The van der Waals surface area contributed by atoms with Gasteiger partial charge in [-0.1, -0.05) is 26.2 Å². The first-order chi connectivity index (χ1) is 8.15. The predicted molar refractivity (Wildman–Crippen MR) is 74.0 cm³/mol. The molecule has 0 spiro atoms. The SMILES string of the molecule is CC1CCCC(N(C)CC2CCCC(N)C2)C1. The van der Waals surface area contributed by atoms with Crippen LogP contribution < -0.4 is 5.73 Å². The van der Waals surface area contributed by atoms with Crippen molar-refractivity contribution >= 4 is 0 Å². The normalized spacial score (nSPS) is 39.5. The van der Waals surface area contributed by atoms with E-state index < -0.39 is 0 Å². The monoisotopic (exact) mass is 238 g/mol. The second-order valence-electron chi connectivity index (χ2n) is 6.66. The lowest BCUT2D eigenvalue weighted by Crippen LogP contribution is -2.40. The lowest BCUT2D eigenvalue weighted by molar-refractivity contribution is 0.129. The Kier molecular flexibility index (Phi) is 4.87. The molecule has 0 radical (unpaired) electrons. The van der Waals surface area contributed by atoms with Crippen LogP contribution in [0.3, 0.4) is 0 Å². The molecule has 100 valence electrons. The molecule has 2 nitrogen and oxygen atoms in total. The van der Waals surface area contributed by atoms with Crippen LogP contribution in [0.25, 0.3) is 0 Å². The van der Waals surface area contributed by atoms with E-state index in [0.29, 0.717) is 6.04 Å². The Bertz CT molecular complexity index is 229. The van der Waals surface area contributed by atoms with E-state index >= 15 is 0 Å². The van der Waals surface area contributed by atoms with E-state index in [1.165, 1.54) is 57.9 Å². The Morgan fingerprint density at radius 1 is 1.06 bits per heavy atom. The molecule has 0 saturated heterocycles. The molecule has 0 heterocycles. The molecule has 0 aromatic carbocycles. The third kappa shape index (κ3) is 3.96. The lowest BCUT2D eigenvalue weighted by Gasteiger charge is -2.37. The zero-order valence-corrected chi connectivity index (χ0v) is 11.7. The van der Waals surface area contributed by atoms with Gasteiger partial charge in [0.1, 0.15) is 0 Å². The molecule has 0 aromatic heterocycles. The molecule has 0 aromatic rings. The van der Waals surface area contributed by atoms with Crippen molar-refractivity contribution in [2.24, 2.45) is 17.6 Å². The molecule has 2 fully saturated rings. The Labute approximate surface area is 107 Å². The van der Waals surface area contributed by atoms with Crippen LogP contribution in [-0.2, 0) is 0 Å². The number of nitrogens with two attached hydrogens (primary N) is 1. The fourth-order valence-corrected chi connectivity index (χ4v) is 3.86. The summed E-state index contributed by atoms with van der Waals surface area (Å²) in [6.07, 6.45) is 11.0. The van der Waals surface area contributed by atoms with Crippen LogP contribution in [-0.4, -0.2) is 30.6 Å². The van der Waals surface area contributed by atoms with Gasteiger partial charge in [0.2, 0.25) is 0 Å². The third-order valence-electron chi connectivity index (χ3n) is 4.90. The zero-order valence-electron chi connectivity index (χ0n) is 11.7. The molecule has 0 aliphatic heterocycles. The summed E-state index contributed by atoms with van der Waals surface area (Å²) < 4.78 is 0. The van der Waals surface area contributed by atoms with Crippen molar-refractivity contribution in [1.82, 2.24) is 4.90 Å². The third-order valence-corrected chi connectivity index (χ3v) is 4.90. The highest BCUT2D eigenvalue weighted by molar-refractivity contribution is 4.81. The summed E-state index contributed by atoms with van der Waals surface area (Å²) in [4.78, 5) is 2.64. The van der Waals surface area contributed by atoms with Crippen molar-refractivity contribution in [2.75, 3.05) is 13.6 Å². The fraction of sp³-hybridized carbons (Fsp3) is 1.00. The van der Waals surface area contributed by atoms with Crippen LogP contribution in [0.4, 0.5) is 0 Å². The van der Waals surface area contributed by atoms with E-state index in [2.05, 4.69) is 18.9 Å². The van der Waals surface area contributed by atoms with Crippen LogP contribution in [0.5, 0.6) is 0 Å². The summed E-state index contributed by atoms with van der Waals surface area (Å²) in [6, 6.07) is 1.32. The Morgan fingerprint density at radius 2 is 1.82 bits per heavy atom. The smallest absolute Gasteiger partial charge is 0.00948 e. The van der Waals surface area contributed by atoms with E-state index in [9.17, 15) is 0 Å². The maximum absolute atomic E-state index is 6.08. The van der Waals surface area contributed by atoms with E-state index in [1.807, 2.05) is 0 Å². The largest absolute Gasteiger partial charge is 0.328 e. The Balaban J connectivity index is 1.77. The minimum absolute atomic E-state index is 0.479. The van der Waals surface area contributed by atoms with Crippen molar-refractivity contribution in [1.29, 1.82) is 0 Å². The number of hydrogen-bond acceptors (Lipinski definition) is 2. The molecule has 0 amide bonds. The minimum atomic E-state index is 0.479. The molecular weight excluding hydrogens is 208 g/mol. The van der Waals surface area contributed by atoms with Gasteiger partial charge in [0.05, 0.1) is 0 Å². The van der Waals surface area contributed by atoms with Gasteiger partial charge in [-0.25, -0.2) is 0 Å². The Hall–Kier alpha value is -0.0800. The number of rotatable bonds is 3. The maximum Gasteiger partial charge on any atom is 0.00948 e. The summed E-state index contributed by atoms with van der Waals surface area (Å²) in [5.74, 6) is 1.80. The van der Waals surface area contributed by atoms with E-state index in [0.717, 1.165) is 17.9 Å². The van der Waals surface area contributed by atoms with Gasteiger partial charge in [-0.05, 0) is 51.0 Å². The first-order valence-electron chi connectivity index (χ1n) is 7.61. The van der Waals surface area contributed by atoms with Crippen LogP contribution in [0, 0.1) is 11.8 Å². The van der Waals surface area contributed by atoms with Crippen molar-refractivity contribution in [2.45, 2.75) is 70.4 Å². The first-order valence-corrected chi connectivity index (χ1v) is 7.61. The molecule has 2 heteroatoms. The summed E-state index contributed by atoms with van der Waals surface area (Å²) in [7, 11) is 2.34. The van der Waals surface area contributed by atoms with Gasteiger partial charge in [0.25, 0.3) is 0 Å². The molecule has 2 saturated carbocycles. The van der Waals surface area contributed by atoms with Crippen molar-refractivity contribution < 1.29 is 0 Å². The zero-order chi connectivity index (χ0) is 12.3. The van der Waals surface area contributed by atoms with Crippen LogP contribution in [0.15, 0.2) is 0 Å². The van der Waals surface area contributed by atoms with Crippen LogP contribution in [0.1, 0.15) is 58.3 Å². The topological polar surface area (TPSA) is 29.3 Å². The second kappa shape index (κ2) is 6.19. The van der Waals surface area contributed by atoms with E-state index in [1.54, 1.807) is 0 Å². The van der Waals surface area contributed by atoms with Crippen molar-refractivity contribution in [3.05, 3.63) is 0 Å². The molecular formula is C15H30N2. The summed E-state index contributed by atoms with van der Waals surface area (Å²) in [5.41, 5.74) is 6.08. The van der Waals surface area contributed by atoms with Crippen molar-refractivity contribution in [3.63, 3.8) is 0 Å². The summed E-state index contributed by atoms with van der Waals surface area (Å²) in [5, 5.41) is 0. The molecule has 2 aliphatic rings. The summed E-state index contributed by atoms with van der Waals surface area (Å²) >= 11 is 0. The highest BCUT2D eigenvalue weighted by Crippen LogP contribution is 2.29. The van der Waals surface area contributed by atoms with Gasteiger partial charge >= 0.3 is 0 Å². The van der Waals surface area contributed by atoms with Gasteiger partial charge < -0.3 is 10.6 Å². The number of hydrogen-bond donors (Lipinski definition) is 1. The lowest BCUT2D eigenvalue weighted by atomic mass is 9.83. The molecule has 4 atom stereocenters. The molecule has 17 heavy (non-hydrogen) atoms. The van der Waals surface area contributed by atoms with Crippen LogP contribution in [0.2, 0.25) is 0 Å². The van der Waals surface area contributed by atoms with Gasteiger partial charge in [-0.3, -0.25) is 0 Å². The van der Waals surface area contributed by atoms with Gasteiger partial charge in [-0.2, -0.15) is 0 Å². The Morgan fingerprint density at radius 3 is 2.53 bits per heavy atom. The molecule has 2 N–H and O–H groups in total. The van der Waals surface area contributed by atoms with E-state index in [-0.39, 0.29) is 0 Å². The molecule has 2 aliphatic carbocycles. The van der Waals surface area contributed by atoms with Gasteiger partial charge in [0.15, 0.2) is 0 Å². The quantitative estimate of drug-likeness (QED) is 0.819. The fourth-order valence-electron chi connectivity index (χ4n) is 3.86. The summed E-state index contributed by atoms with van der Waals surface area (Å²) in [6.45, 7) is 3.70.